The molecule has 4 rings (SSSR count). The predicted octanol–water partition coefficient (Wildman–Crippen LogP) is 4.69. The summed E-state index contributed by atoms with van der Waals surface area (Å²) in [5.41, 5.74) is 11.8. The van der Waals surface area contributed by atoms with Gasteiger partial charge in [-0.3, -0.25) is 0 Å². The van der Waals surface area contributed by atoms with Gasteiger partial charge in [0.25, 0.3) is 0 Å². The Morgan fingerprint density at radius 1 is 1.23 bits per heavy atom. The Labute approximate surface area is 133 Å². The van der Waals surface area contributed by atoms with Gasteiger partial charge in [0, 0.05) is 0 Å². The molecule has 3 aliphatic carbocycles. The second-order valence-electron chi connectivity index (χ2n) is 7.81. The topological polar surface area (TPSA) is 35.2 Å². The highest BCUT2D eigenvalue weighted by Crippen LogP contribution is 2.62. The lowest BCUT2D eigenvalue weighted by Gasteiger charge is -2.49. The van der Waals surface area contributed by atoms with Gasteiger partial charge < -0.3 is 10.5 Å². The van der Waals surface area contributed by atoms with Gasteiger partial charge in [-0.1, -0.05) is 19.1 Å². The van der Waals surface area contributed by atoms with Gasteiger partial charge >= 0.3 is 0 Å². The summed E-state index contributed by atoms with van der Waals surface area (Å²) in [6.45, 7) is 6.87. The summed E-state index contributed by atoms with van der Waals surface area (Å²) in [5.74, 6) is 3.19. The largest absolute Gasteiger partial charge is 0.495 e. The van der Waals surface area contributed by atoms with Gasteiger partial charge in [-0.25, -0.2) is 0 Å². The maximum atomic E-state index is 6.11. The van der Waals surface area contributed by atoms with E-state index in [0.29, 0.717) is 11.3 Å². The number of rotatable bonds is 1. The molecule has 118 valence electrons. The summed E-state index contributed by atoms with van der Waals surface area (Å²) in [6.07, 6.45) is 7.65. The molecule has 0 unspecified atom stereocenters. The minimum atomic E-state index is 0.399. The molecule has 0 radical (unpaired) electrons. The first-order valence-corrected chi connectivity index (χ1v) is 8.69. The number of hydrogen-bond acceptors (Lipinski definition) is 2. The first-order valence-electron chi connectivity index (χ1n) is 8.69. The van der Waals surface area contributed by atoms with E-state index in [4.69, 9.17) is 10.5 Å². The second kappa shape index (κ2) is 4.78. The third-order valence-corrected chi connectivity index (χ3v) is 7.03. The fourth-order valence-corrected chi connectivity index (χ4v) is 5.70. The average Bonchev–Trinajstić information content (AvgIpc) is 2.82. The van der Waals surface area contributed by atoms with Crippen LogP contribution in [-0.4, -0.2) is 7.11 Å². The lowest BCUT2D eigenvalue weighted by Crippen LogP contribution is -2.40. The molecular weight excluding hydrogens is 270 g/mol. The molecule has 2 fully saturated rings. The minimum absolute atomic E-state index is 0.399. The third-order valence-electron chi connectivity index (χ3n) is 7.03. The van der Waals surface area contributed by atoms with Gasteiger partial charge in [-0.2, -0.15) is 0 Å². The van der Waals surface area contributed by atoms with Crippen LogP contribution in [0, 0.1) is 17.3 Å². The van der Waals surface area contributed by atoms with Crippen molar-refractivity contribution < 1.29 is 4.74 Å². The van der Waals surface area contributed by atoms with E-state index >= 15 is 0 Å². The maximum absolute atomic E-state index is 6.11. The number of hydrogen-bond donors (Lipinski definition) is 1. The van der Waals surface area contributed by atoms with Crippen LogP contribution in [0.15, 0.2) is 24.3 Å². The number of anilines is 1. The van der Waals surface area contributed by atoms with Crippen LogP contribution in [0.4, 0.5) is 5.69 Å². The predicted molar refractivity (Wildman–Crippen MR) is 91.2 cm³/mol. The van der Waals surface area contributed by atoms with Gasteiger partial charge in [-0.05, 0) is 85.0 Å². The highest BCUT2D eigenvalue weighted by atomic mass is 16.5. The number of nitrogens with two attached hydrogens (primary N) is 1. The Morgan fingerprint density at radius 3 is 2.82 bits per heavy atom. The van der Waals surface area contributed by atoms with Crippen molar-refractivity contribution in [3.8, 4) is 5.75 Å². The fourth-order valence-electron chi connectivity index (χ4n) is 5.70. The Kier molecular flexibility index (Phi) is 3.08. The number of aryl methyl sites for hydroxylation is 1. The number of benzene rings is 1. The summed E-state index contributed by atoms with van der Waals surface area (Å²) in [7, 11) is 1.72. The van der Waals surface area contributed by atoms with Gasteiger partial charge in [0.1, 0.15) is 5.75 Å². The van der Waals surface area contributed by atoms with E-state index in [-0.39, 0.29) is 0 Å². The van der Waals surface area contributed by atoms with Crippen LogP contribution in [0.1, 0.15) is 56.1 Å². The van der Waals surface area contributed by atoms with Crippen molar-refractivity contribution in [2.24, 2.45) is 17.3 Å². The number of nitrogen functional groups attached to an aromatic ring is 1. The van der Waals surface area contributed by atoms with E-state index < -0.39 is 0 Å². The molecule has 1 aromatic carbocycles. The highest BCUT2D eigenvalue weighted by Gasteiger charge is 2.51. The SMILES string of the molecule is C=C1CC[C@H]2[C@@H]3CCc4cc(N)c(OC)cc4[C@H]3CC[C@]12C. The van der Waals surface area contributed by atoms with E-state index in [1.807, 2.05) is 0 Å². The van der Waals surface area contributed by atoms with E-state index in [1.165, 1.54) is 55.2 Å². The van der Waals surface area contributed by atoms with Crippen molar-refractivity contribution in [3.63, 3.8) is 0 Å². The number of allylic oxidation sites excluding steroid dienone is 1. The molecule has 0 aromatic heterocycles. The summed E-state index contributed by atoms with van der Waals surface area (Å²) in [5, 5.41) is 0. The molecule has 2 heteroatoms. The van der Waals surface area contributed by atoms with Gasteiger partial charge in [0.05, 0.1) is 12.8 Å². The summed E-state index contributed by atoms with van der Waals surface area (Å²) in [4.78, 5) is 0. The normalized spacial score (nSPS) is 36.5. The highest BCUT2D eigenvalue weighted by molar-refractivity contribution is 5.58. The molecule has 0 heterocycles. The van der Waals surface area contributed by atoms with Crippen molar-refractivity contribution in [1.82, 2.24) is 0 Å². The Balaban J connectivity index is 1.74. The molecule has 0 amide bonds. The molecule has 0 aliphatic heterocycles. The van der Waals surface area contributed by atoms with Crippen molar-refractivity contribution in [2.45, 2.75) is 51.4 Å². The zero-order valence-corrected chi connectivity index (χ0v) is 13.8. The number of ether oxygens (including phenoxy) is 1. The fraction of sp³-hybridized carbons (Fsp3) is 0.600. The van der Waals surface area contributed by atoms with E-state index in [0.717, 1.165) is 23.3 Å². The lowest BCUT2D eigenvalue weighted by molar-refractivity contribution is 0.0816. The quantitative estimate of drug-likeness (QED) is 0.603. The molecule has 0 spiro atoms. The zero-order valence-electron chi connectivity index (χ0n) is 13.8. The monoisotopic (exact) mass is 297 g/mol. The Morgan fingerprint density at radius 2 is 2.05 bits per heavy atom. The first-order chi connectivity index (χ1) is 10.5. The summed E-state index contributed by atoms with van der Waals surface area (Å²) >= 11 is 0. The first kappa shape index (κ1) is 14.2. The van der Waals surface area contributed by atoms with Crippen LogP contribution in [-0.2, 0) is 6.42 Å². The molecule has 2 N–H and O–H groups in total. The zero-order chi connectivity index (χ0) is 15.5. The minimum Gasteiger partial charge on any atom is -0.495 e. The Bertz CT molecular complexity index is 635. The van der Waals surface area contributed by atoms with Crippen molar-refractivity contribution >= 4 is 5.69 Å². The van der Waals surface area contributed by atoms with Crippen molar-refractivity contribution in [1.29, 1.82) is 0 Å². The van der Waals surface area contributed by atoms with Crippen LogP contribution < -0.4 is 10.5 Å². The molecule has 1 aromatic rings. The molecule has 2 saturated carbocycles. The van der Waals surface area contributed by atoms with Gasteiger partial charge in [0.2, 0.25) is 0 Å². The smallest absolute Gasteiger partial charge is 0.142 e. The van der Waals surface area contributed by atoms with Crippen LogP contribution in [0.2, 0.25) is 0 Å². The van der Waals surface area contributed by atoms with E-state index in [9.17, 15) is 0 Å². The summed E-state index contributed by atoms with van der Waals surface area (Å²) in [6, 6.07) is 4.39. The lowest BCUT2D eigenvalue weighted by atomic mass is 9.55. The molecule has 0 saturated heterocycles. The van der Waals surface area contributed by atoms with E-state index in [2.05, 4.69) is 25.6 Å². The second-order valence-corrected chi connectivity index (χ2v) is 7.81. The van der Waals surface area contributed by atoms with Crippen LogP contribution >= 0.6 is 0 Å². The number of fused-ring (bicyclic) bond motifs is 5. The Hall–Kier alpha value is -1.44. The standard InChI is InChI=1S/C20H27NO/c1-12-4-7-17-15-6-5-13-10-18(21)19(22-3)11-16(13)14(15)8-9-20(12,17)2/h10-11,14-15,17H,1,4-9,21H2,2-3H3/t14-,15+,17-,20+/m0/s1. The molecule has 3 aliphatic rings. The molecule has 4 atom stereocenters. The van der Waals surface area contributed by atoms with Crippen LogP contribution in [0.5, 0.6) is 5.75 Å². The number of methoxy groups -OCH3 is 1. The maximum Gasteiger partial charge on any atom is 0.142 e. The van der Waals surface area contributed by atoms with Crippen molar-refractivity contribution in [2.75, 3.05) is 12.8 Å². The van der Waals surface area contributed by atoms with E-state index in [1.54, 1.807) is 7.11 Å². The van der Waals surface area contributed by atoms with Crippen molar-refractivity contribution in [3.05, 3.63) is 35.4 Å². The van der Waals surface area contributed by atoms with Crippen LogP contribution in [0.3, 0.4) is 0 Å². The third kappa shape index (κ3) is 1.79. The molecule has 2 nitrogen and oxygen atoms in total. The molecule has 0 bridgehead atoms. The van der Waals surface area contributed by atoms with Gasteiger partial charge in [0.15, 0.2) is 0 Å². The average molecular weight is 297 g/mol. The molecular formula is C20H27NO. The van der Waals surface area contributed by atoms with Gasteiger partial charge in [-0.15, -0.1) is 0 Å². The summed E-state index contributed by atoms with van der Waals surface area (Å²) < 4.78 is 5.48. The van der Waals surface area contributed by atoms with Crippen LogP contribution in [0.25, 0.3) is 0 Å². The molecule has 22 heavy (non-hydrogen) atoms.